The zero-order valence-corrected chi connectivity index (χ0v) is 19.9. The van der Waals surface area contributed by atoms with Gasteiger partial charge in [-0.3, -0.25) is 4.40 Å². The molecular weight excluding hydrogens is 452 g/mol. The molecule has 0 amide bonds. The van der Waals surface area contributed by atoms with Crippen LogP contribution in [0.4, 0.5) is 0 Å². The quantitative estimate of drug-likeness (QED) is 0.229. The lowest BCUT2D eigenvalue weighted by molar-refractivity contribution is 1.18. The lowest BCUT2D eigenvalue weighted by atomic mass is 9.96. The first kappa shape index (κ1) is 19.3. The summed E-state index contributed by atoms with van der Waals surface area (Å²) in [7, 11) is 0. The monoisotopic (exact) mass is 472 g/mol. The highest BCUT2D eigenvalue weighted by atomic mass is 15.0. The molecule has 0 bridgehead atoms. The summed E-state index contributed by atoms with van der Waals surface area (Å²) in [5.41, 5.74) is 11.0. The fourth-order valence-corrected chi connectivity index (χ4v) is 6.61. The molecule has 0 atom stereocenters. The van der Waals surface area contributed by atoms with Crippen molar-refractivity contribution in [1.29, 1.82) is 0 Å². The number of aromatic nitrogens is 4. The van der Waals surface area contributed by atoms with E-state index < -0.39 is 0 Å². The normalized spacial score (nSPS) is 12.8. The van der Waals surface area contributed by atoms with Crippen molar-refractivity contribution in [2.24, 2.45) is 0 Å². The molecule has 172 valence electrons. The highest BCUT2D eigenvalue weighted by Crippen LogP contribution is 2.48. The van der Waals surface area contributed by atoms with E-state index in [1.54, 1.807) is 0 Å². The number of para-hydroxylation sites is 2. The number of hydrogen-bond donors (Lipinski definition) is 0. The molecule has 1 aliphatic carbocycles. The van der Waals surface area contributed by atoms with Gasteiger partial charge in [0.25, 0.3) is 0 Å². The van der Waals surface area contributed by atoms with E-state index in [-0.39, 0.29) is 0 Å². The summed E-state index contributed by atoms with van der Waals surface area (Å²) in [6.45, 7) is 0. The van der Waals surface area contributed by atoms with Crippen molar-refractivity contribution in [3.8, 4) is 16.8 Å². The molecule has 4 heteroatoms. The zero-order valence-electron chi connectivity index (χ0n) is 19.9. The van der Waals surface area contributed by atoms with Crippen LogP contribution in [0.3, 0.4) is 0 Å². The molecule has 0 fully saturated rings. The van der Waals surface area contributed by atoms with E-state index in [1.165, 1.54) is 60.5 Å². The first-order valence-corrected chi connectivity index (χ1v) is 12.6. The first-order valence-electron chi connectivity index (χ1n) is 12.6. The maximum absolute atomic E-state index is 4.81. The van der Waals surface area contributed by atoms with Crippen molar-refractivity contribution in [3.63, 3.8) is 0 Å². The minimum atomic E-state index is 0.900. The molecule has 4 aromatic heterocycles. The van der Waals surface area contributed by atoms with E-state index in [0.717, 1.165) is 23.1 Å². The number of pyridine rings is 2. The molecule has 0 N–H and O–H groups in total. The molecule has 1 aliphatic rings. The minimum Gasteiger partial charge on any atom is -0.309 e. The van der Waals surface area contributed by atoms with Crippen molar-refractivity contribution in [2.75, 3.05) is 0 Å². The summed E-state index contributed by atoms with van der Waals surface area (Å²) in [6, 6.07) is 32.9. The van der Waals surface area contributed by atoms with Crippen LogP contribution < -0.4 is 0 Å². The molecule has 37 heavy (non-hydrogen) atoms. The third kappa shape index (κ3) is 2.37. The Hall–Kier alpha value is -4.96. The van der Waals surface area contributed by atoms with Crippen LogP contribution in [-0.4, -0.2) is 18.9 Å². The standard InChI is InChI=1S/C33H20N4/c1-2-7-21(8-3-1)37-27-11-5-4-9-25(27)31-28(37)15-12-20-19-26-23(29(20)31)14-13-22-24-10-6-16-34-32(24)36-18-17-35-33(36)30(22)26/h1-18H,19H2. The van der Waals surface area contributed by atoms with Crippen LogP contribution in [-0.2, 0) is 6.42 Å². The Bertz CT molecular complexity index is 2220. The van der Waals surface area contributed by atoms with Gasteiger partial charge in [-0.2, -0.15) is 0 Å². The van der Waals surface area contributed by atoms with E-state index in [2.05, 4.69) is 93.9 Å². The van der Waals surface area contributed by atoms with Crippen molar-refractivity contribution in [3.05, 3.63) is 121 Å². The number of fused-ring (bicyclic) bond motifs is 14. The van der Waals surface area contributed by atoms with Gasteiger partial charge < -0.3 is 4.57 Å². The van der Waals surface area contributed by atoms with E-state index in [4.69, 9.17) is 9.97 Å². The van der Waals surface area contributed by atoms with Gasteiger partial charge in [0.15, 0.2) is 0 Å². The molecule has 4 aromatic carbocycles. The van der Waals surface area contributed by atoms with Crippen LogP contribution in [0.5, 0.6) is 0 Å². The average molecular weight is 473 g/mol. The third-order valence-corrected chi connectivity index (χ3v) is 8.06. The molecule has 4 heterocycles. The van der Waals surface area contributed by atoms with Crippen LogP contribution in [0.2, 0.25) is 0 Å². The number of hydrogen-bond acceptors (Lipinski definition) is 2. The fourth-order valence-electron chi connectivity index (χ4n) is 6.61. The second-order valence-electron chi connectivity index (χ2n) is 9.87. The SMILES string of the molecule is c1ccc(-n2c3ccccc3c3c4c(ccc32)Cc2c-4ccc3c4cccnc4n4ccnc4c23)cc1. The van der Waals surface area contributed by atoms with Gasteiger partial charge in [0.2, 0.25) is 0 Å². The average Bonchev–Trinajstić information content (AvgIpc) is 3.67. The van der Waals surface area contributed by atoms with Crippen LogP contribution in [0.15, 0.2) is 110 Å². The lowest BCUT2D eigenvalue weighted by Crippen LogP contribution is -1.95. The van der Waals surface area contributed by atoms with Crippen molar-refractivity contribution in [2.45, 2.75) is 6.42 Å². The third-order valence-electron chi connectivity index (χ3n) is 8.06. The molecule has 8 aromatic rings. The topological polar surface area (TPSA) is 35.1 Å². The summed E-state index contributed by atoms with van der Waals surface area (Å²) in [5.74, 6) is 0. The molecule has 0 saturated carbocycles. The van der Waals surface area contributed by atoms with Crippen LogP contribution >= 0.6 is 0 Å². The number of rotatable bonds is 1. The Labute approximate surface area is 212 Å². The number of imidazole rings is 1. The van der Waals surface area contributed by atoms with Crippen molar-refractivity contribution in [1.82, 2.24) is 18.9 Å². The highest BCUT2D eigenvalue weighted by molar-refractivity contribution is 6.20. The summed E-state index contributed by atoms with van der Waals surface area (Å²) >= 11 is 0. The van der Waals surface area contributed by atoms with Crippen LogP contribution in [0.1, 0.15) is 11.1 Å². The van der Waals surface area contributed by atoms with Gasteiger partial charge in [0.1, 0.15) is 11.3 Å². The Morgan fingerprint density at radius 3 is 2.38 bits per heavy atom. The fraction of sp³-hybridized carbons (Fsp3) is 0.0303. The highest BCUT2D eigenvalue weighted by Gasteiger charge is 2.27. The first-order chi connectivity index (χ1) is 18.4. The largest absolute Gasteiger partial charge is 0.309 e. The van der Waals surface area contributed by atoms with E-state index in [9.17, 15) is 0 Å². The van der Waals surface area contributed by atoms with Gasteiger partial charge in [0.05, 0.1) is 11.0 Å². The Kier molecular flexibility index (Phi) is 3.55. The molecule has 0 aliphatic heterocycles. The predicted molar refractivity (Wildman–Crippen MR) is 151 cm³/mol. The molecular formula is C33H20N4. The Morgan fingerprint density at radius 2 is 1.43 bits per heavy atom. The summed E-state index contributed by atoms with van der Waals surface area (Å²) in [5, 5.41) is 6.24. The van der Waals surface area contributed by atoms with Crippen LogP contribution in [0.25, 0.3) is 66.1 Å². The predicted octanol–water partition coefficient (Wildman–Crippen LogP) is 7.70. The van der Waals surface area contributed by atoms with E-state index in [1.807, 2.05) is 24.7 Å². The maximum Gasteiger partial charge on any atom is 0.146 e. The van der Waals surface area contributed by atoms with Gasteiger partial charge >= 0.3 is 0 Å². The Balaban J connectivity index is 1.45. The van der Waals surface area contributed by atoms with Crippen molar-refractivity contribution < 1.29 is 0 Å². The molecule has 9 rings (SSSR count). The molecule has 0 spiro atoms. The smallest absolute Gasteiger partial charge is 0.146 e. The molecule has 0 unspecified atom stereocenters. The molecule has 4 nitrogen and oxygen atoms in total. The van der Waals surface area contributed by atoms with Gasteiger partial charge in [-0.15, -0.1) is 0 Å². The second-order valence-corrected chi connectivity index (χ2v) is 9.87. The van der Waals surface area contributed by atoms with Gasteiger partial charge in [-0.1, -0.05) is 54.6 Å². The maximum atomic E-state index is 4.81. The van der Waals surface area contributed by atoms with Crippen LogP contribution in [0, 0.1) is 0 Å². The second kappa shape index (κ2) is 6.83. The summed E-state index contributed by atoms with van der Waals surface area (Å²) in [6.07, 6.45) is 6.67. The summed E-state index contributed by atoms with van der Waals surface area (Å²) < 4.78 is 4.54. The lowest BCUT2D eigenvalue weighted by Gasteiger charge is -2.11. The summed E-state index contributed by atoms with van der Waals surface area (Å²) in [4.78, 5) is 9.50. The zero-order chi connectivity index (χ0) is 24.1. The van der Waals surface area contributed by atoms with E-state index >= 15 is 0 Å². The van der Waals surface area contributed by atoms with Crippen molar-refractivity contribution >= 4 is 49.3 Å². The minimum absolute atomic E-state index is 0.900. The number of benzene rings is 4. The van der Waals surface area contributed by atoms with Gasteiger partial charge in [-0.05, 0) is 70.5 Å². The number of nitrogens with zero attached hydrogens (tertiary/aromatic N) is 4. The molecule has 0 saturated heterocycles. The van der Waals surface area contributed by atoms with Gasteiger partial charge in [0, 0.05) is 45.8 Å². The van der Waals surface area contributed by atoms with E-state index in [0.29, 0.717) is 0 Å². The molecule has 0 radical (unpaired) electrons. The Morgan fingerprint density at radius 1 is 0.595 bits per heavy atom. The van der Waals surface area contributed by atoms with Gasteiger partial charge in [-0.25, -0.2) is 9.97 Å².